The van der Waals surface area contributed by atoms with Crippen molar-refractivity contribution in [3.63, 3.8) is 0 Å². The van der Waals surface area contributed by atoms with E-state index in [2.05, 4.69) is 5.32 Å². The first-order valence-electron chi connectivity index (χ1n) is 6.18. The Morgan fingerprint density at radius 3 is 2.28 bits per heavy atom. The number of nitrogens with one attached hydrogen (secondary N) is 1. The molecule has 1 rings (SSSR count). The maximum absolute atomic E-state index is 5.89. The lowest BCUT2D eigenvalue weighted by molar-refractivity contribution is 0.384. The Balaban J connectivity index is 3.18. The Morgan fingerprint density at radius 1 is 1.22 bits per heavy atom. The highest BCUT2D eigenvalue weighted by Crippen LogP contribution is 2.33. The number of hydrogen-bond acceptors (Lipinski definition) is 4. The zero-order valence-electron chi connectivity index (χ0n) is 11.9. The number of ether oxygens (including phenoxy) is 2. The molecule has 18 heavy (non-hydrogen) atoms. The van der Waals surface area contributed by atoms with Crippen LogP contribution in [0.1, 0.15) is 30.5 Å². The van der Waals surface area contributed by atoms with Crippen LogP contribution in [0.5, 0.6) is 11.5 Å². The topological polar surface area (TPSA) is 56.5 Å². The molecule has 0 aliphatic rings. The number of benzene rings is 1. The molecule has 0 saturated heterocycles. The normalized spacial score (nSPS) is 14.1. The highest BCUT2D eigenvalue weighted by Gasteiger charge is 2.18. The zero-order valence-corrected chi connectivity index (χ0v) is 11.9. The second-order valence-electron chi connectivity index (χ2n) is 4.62. The van der Waals surface area contributed by atoms with Crippen molar-refractivity contribution in [2.75, 3.05) is 21.3 Å². The van der Waals surface area contributed by atoms with E-state index in [0.717, 1.165) is 29.0 Å². The number of rotatable bonds is 6. The molecule has 0 aliphatic carbocycles. The van der Waals surface area contributed by atoms with Crippen LogP contribution in [-0.2, 0) is 0 Å². The van der Waals surface area contributed by atoms with E-state index in [4.69, 9.17) is 15.2 Å². The van der Waals surface area contributed by atoms with Crippen LogP contribution in [0.2, 0.25) is 0 Å². The van der Waals surface area contributed by atoms with E-state index < -0.39 is 0 Å². The summed E-state index contributed by atoms with van der Waals surface area (Å²) in [6.45, 7) is 4.01. The number of methoxy groups -OCH3 is 2. The Labute approximate surface area is 109 Å². The van der Waals surface area contributed by atoms with Gasteiger partial charge in [-0.2, -0.15) is 0 Å². The van der Waals surface area contributed by atoms with Crippen molar-refractivity contribution in [2.24, 2.45) is 5.73 Å². The third-order valence-electron chi connectivity index (χ3n) is 3.08. The first kappa shape index (κ1) is 14.8. The standard InChI is InChI=1S/C14H24N2O2/c1-9-6-14(18-5)11(8-13(9)17-4)12(16-3)7-10(2)15/h6,8,10,12,16H,7,15H2,1-5H3. The summed E-state index contributed by atoms with van der Waals surface area (Å²) < 4.78 is 10.8. The summed E-state index contributed by atoms with van der Waals surface area (Å²) in [7, 11) is 5.29. The molecule has 2 unspecified atom stereocenters. The molecule has 102 valence electrons. The Kier molecular flexibility index (Phi) is 5.44. The van der Waals surface area contributed by atoms with Crippen LogP contribution in [0.3, 0.4) is 0 Å². The second kappa shape index (κ2) is 6.61. The van der Waals surface area contributed by atoms with Gasteiger partial charge in [-0.25, -0.2) is 0 Å². The predicted molar refractivity (Wildman–Crippen MR) is 74.4 cm³/mol. The number of hydrogen-bond donors (Lipinski definition) is 2. The fourth-order valence-corrected chi connectivity index (χ4v) is 2.12. The molecule has 4 nitrogen and oxygen atoms in total. The van der Waals surface area contributed by atoms with Gasteiger partial charge in [-0.1, -0.05) is 0 Å². The summed E-state index contributed by atoms with van der Waals surface area (Å²) in [6.07, 6.45) is 0.846. The summed E-state index contributed by atoms with van der Waals surface area (Å²) in [5.74, 6) is 1.74. The van der Waals surface area contributed by atoms with E-state index in [9.17, 15) is 0 Å². The van der Waals surface area contributed by atoms with Gasteiger partial charge >= 0.3 is 0 Å². The molecule has 0 amide bonds. The van der Waals surface area contributed by atoms with Crippen LogP contribution in [0.4, 0.5) is 0 Å². The molecule has 0 heterocycles. The molecular formula is C14H24N2O2. The van der Waals surface area contributed by atoms with Crippen LogP contribution >= 0.6 is 0 Å². The molecular weight excluding hydrogens is 228 g/mol. The lowest BCUT2D eigenvalue weighted by atomic mass is 9.97. The first-order chi connectivity index (χ1) is 8.53. The fraction of sp³-hybridized carbons (Fsp3) is 0.571. The fourth-order valence-electron chi connectivity index (χ4n) is 2.12. The van der Waals surface area contributed by atoms with Crippen LogP contribution in [-0.4, -0.2) is 27.3 Å². The van der Waals surface area contributed by atoms with Crippen molar-refractivity contribution in [1.29, 1.82) is 0 Å². The monoisotopic (exact) mass is 252 g/mol. The van der Waals surface area contributed by atoms with Crippen LogP contribution in [0.15, 0.2) is 12.1 Å². The molecule has 0 aliphatic heterocycles. The van der Waals surface area contributed by atoms with Crippen molar-refractivity contribution in [2.45, 2.75) is 32.4 Å². The molecule has 4 heteroatoms. The van der Waals surface area contributed by atoms with E-state index >= 15 is 0 Å². The number of nitrogens with two attached hydrogens (primary N) is 1. The van der Waals surface area contributed by atoms with Crippen LogP contribution < -0.4 is 20.5 Å². The van der Waals surface area contributed by atoms with E-state index in [0.29, 0.717) is 0 Å². The third-order valence-corrected chi connectivity index (χ3v) is 3.08. The lowest BCUT2D eigenvalue weighted by Crippen LogP contribution is -2.26. The van der Waals surface area contributed by atoms with Crippen molar-refractivity contribution in [3.8, 4) is 11.5 Å². The van der Waals surface area contributed by atoms with Crippen LogP contribution in [0.25, 0.3) is 0 Å². The van der Waals surface area contributed by atoms with Crippen molar-refractivity contribution in [1.82, 2.24) is 5.32 Å². The SMILES string of the molecule is CNC(CC(C)N)c1cc(OC)c(C)cc1OC. The minimum atomic E-state index is 0.124. The largest absolute Gasteiger partial charge is 0.496 e. The molecule has 0 aromatic heterocycles. The maximum Gasteiger partial charge on any atom is 0.124 e. The molecule has 0 saturated carbocycles. The summed E-state index contributed by atoms with van der Waals surface area (Å²) in [5.41, 5.74) is 8.03. The molecule has 2 atom stereocenters. The van der Waals surface area contributed by atoms with Crippen molar-refractivity contribution >= 4 is 0 Å². The Morgan fingerprint density at radius 2 is 1.83 bits per heavy atom. The summed E-state index contributed by atoms with van der Waals surface area (Å²) >= 11 is 0. The van der Waals surface area contributed by atoms with E-state index in [-0.39, 0.29) is 12.1 Å². The van der Waals surface area contributed by atoms with Gasteiger partial charge in [-0.05, 0) is 45.0 Å². The van der Waals surface area contributed by atoms with Gasteiger partial charge in [-0.15, -0.1) is 0 Å². The summed E-state index contributed by atoms with van der Waals surface area (Å²) in [4.78, 5) is 0. The Bertz CT molecular complexity index is 392. The maximum atomic E-state index is 5.89. The molecule has 0 spiro atoms. The molecule has 0 bridgehead atoms. The zero-order chi connectivity index (χ0) is 13.7. The smallest absolute Gasteiger partial charge is 0.124 e. The third kappa shape index (κ3) is 3.37. The second-order valence-corrected chi connectivity index (χ2v) is 4.62. The van der Waals surface area contributed by atoms with Gasteiger partial charge in [0.1, 0.15) is 11.5 Å². The minimum absolute atomic E-state index is 0.124. The predicted octanol–water partition coefficient (Wildman–Crippen LogP) is 2.01. The van der Waals surface area contributed by atoms with Gasteiger partial charge in [0.2, 0.25) is 0 Å². The van der Waals surface area contributed by atoms with E-state index in [1.54, 1.807) is 14.2 Å². The lowest BCUT2D eigenvalue weighted by Gasteiger charge is -2.22. The van der Waals surface area contributed by atoms with E-state index in [1.165, 1.54) is 0 Å². The van der Waals surface area contributed by atoms with Gasteiger partial charge in [0.25, 0.3) is 0 Å². The van der Waals surface area contributed by atoms with Gasteiger partial charge in [0.15, 0.2) is 0 Å². The summed E-state index contributed by atoms with van der Waals surface area (Å²) in [6, 6.07) is 4.31. The molecule has 0 fully saturated rings. The molecule has 1 aromatic rings. The van der Waals surface area contributed by atoms with Gasteiger partial charge in [0, 0.05) is 17.6 Å². The minimum Gasteiger partial charge on any atom is -0.496 e. The highest BCUT2D eigenvalue weighted by molar-refractivity contribution is 5.47. The molecule has 1 aromatic carbocycles. The highest BCUT2D eigenvalue weighted by atomic mass is 16.5. The molecule has 3 N–H and O–H groups in total. The average molecular weight is 252 g/mol. The summed E-state index contributed by atoms with van der Waals surface area (Å²) in [5, 5.41) is 3.28. The first-order valence-corrected chi connectivity index (χ1v) is 6.18. The average Bonchev–Trinajstić information content (AvgIpc) is 2.35. The van der Waals surface area contributed by atoms with Crippen LogP contribution in [0, 0.1) is 6.92 Å². The quantitative estimate of drug-likeness (QED) is 0.813. The van der Waals surface area contributed by atoms with Crippen molar-refractivity contribution in [3.05, 3.63) is 23.3 Å². The Hall–Kier alpha value is -1.26. The molecule has 0 radical (unpaired) electrons. The van der Waals surface area contributed by atoms with Crippen molar-refractivity contribution < 1.29 is 9.47 Å². The van der Waals surface area contributed by atoms with Gasteiger partial charge in [0.05, 0.1) is 14.2 Å². The van der Waals surface area contributed by atoms with Gasteiger partial charge < -0.3 is 20.5 Å². The van der Waals surface area contributed by atoms with Gasteiger partial charge in [-0.3, -0.25) is 0 Å². The van der Waals surface area contributed by atoms with E-state index in [1.807, 2.05) is 33.0 Å². The number of aryl methyl sites for hydroxylation is 1.